The second-order valence-corrected chi connectivity index (χ2v) is 8.33. The minimum atomic E-state index is 0.246. The van der Waals surface area contributed by atoms with Gasteiger partial charge in [-0.2, -0.15) is 0 Å². The Bertz CT molecular complexity index is 1160. The molecule has 1 atom stereocenters. The molecule has 0 amide bonds. The first-order valence-corrected chi connectivity index (χ1v) is 10.3. The van der Waals surface area contributed by atoms with Crippen molar-refractivity contribution in [3.8, 4) is 5.75 Å². The topological polar surface area (TPSA) is 9.23 Å². The van der Waals surface area contributed by atoms with Gasteiger partial charge in [0.15, 0.2) is 0 Å². The van der Waals surface area contributed by atoms with Gasteiger partial charge in [0.1, 0.15) is 11.9 Å². The lowest BCUT2D eigenvalue weighted by molar-refractivity contribution is 0.185. The molecule has 4 aromatic carbocycles. The van der Waals surface area contributed by atoms with E-state index in [2.05, 4.69) is 89.6 Å². The van der Waals surface area contributed by atoms with Crippen molar-refractivity contribution in [2.75, 3.05) is 0 Å². The second kappa shape index (κ2) is 6.69. The first-order chi connectivity index (χ1) is 13.2. The first-order valence-electron chi connectivity index (χ1n) is 9.54. The third-order valence-electron chi connectivity index (χ3n) is 5.73. The van der Waals surface area contributed by atoms with Crippen LogP contribution in [0.5, 0.6) is 5.75 Å². The SMILES string of the molecule is Cc1cc(OC2CCc3c(ccc4c3ccc3ccccc34)C2)ccc1Br. The number of hydrogen-bond acceptors (Lipinski definition) is 1. The van der Waals surface area contributed by atoms with Gasteiger partial charge in [-0.05, 0) is 76.2 Å². The van der Waals surface area contributed by atoms with E-state index in [-0.39, 0.29) is 6.10 Å². The monoisotopic (exact) mass is 416 g/mol. The third kappa shape index (κ3) is 3.02. The highest BCUT2D eigenvalue weighted by atomic mass is 79.9. The number of rotatable bonds is 2. The van der Waals surface area contributed by atoms with Crippen molar-refractivity contribution < 1.29 is 4.74 Å². The highest BCUT2D eigenvalue weighted by molar-refractivity contribution is 9.10. The minimum absolute atomic E-state index is 0.246. The van der Waals surface area contributed by atoms with Gasteiger partial charge in [-0.1, -0.05) is 64.5 Å². The molecule has 0 aliphatic heterocycles. The lowest BCUT2D eigenvalue weighted by atomic mass is 9.85. The fourth-order valence-corrected chi connectivity index (χ4v) is 4.57. The quantitative estimate of drug-likeness (QED) is 0.319. The van der Waals surface area contributed by atoms with Crippen molar-refractivity contribution in [2.45, 2.75) is 32.3 Å². The molecule has 134 valence electrons. The lowest BCUT2D eigenvalue weighted by Gasteiger charge is -2.27. The summed E-state index contributed by atoms with van der Waals surface area (Å²) >= 11 is 3.56. The van der Waals surface area contributed by atoms with Crippen LogP contribution in [0.1, 0.15) is 23.1 Å². The van der Waals surface area contributed by atoms with Gasteiger partial charge < -0.3 is 4.74 Å². The van der Waals surface area contributed by atoms with Gasteiger partial charge in [0, 0.05) is 10.9 Å². The Kier molecular flexibility index (Phi) is 4.17. The molecule has 0 bridgehead atoms. The van der Waals surface area contributed by atoms with Crippen LogP contribution in [0.15, 0.2) is 71.2 Å². The van der Waals surface area contributed by atoms with Gasteiger partial charge in [0.2, 0.25) is 0 Å². The number of benzene rings is 4. The second-order valence-electron chi connectivity index (χ2n) is 7.48. The molecule has 0 fully saturated rings. The summed E-state index contributed by atoms with van der Waals surface area (Å²) in [6.07, 6.45) is 3.36. The van der Waals surface area contributed by atoms with Gasteiger partial charge >= 0.3 is 0 Å². The maximum absolute atomic E-state index is 6.31. The molecule has 4 aromatic rings. The van der Waals surface area contributed by atoms with E-state index in [4.69, 9.17) is 4.74 Å². The van der Waals surface area contributed by atoms with Crippen LogP contribution in [0, 0.1) is 6.92 Å². The zero-order valence-electron chi connectivity index (χ0n) is 15.3. The largest absolute Gasteiger partial charge is 0.490 e. The smallest absolute Gasteiger partial charge is 0.120 e. The molecule has 1 aliphatic rings. The molecule has 2 heteroatoms. The molecule has 0 saturated heterocycles. The van der Waals surface area contributed by atoms with Crippen LogP contribution in [0.25, 0.3) is 21.5 Å². The molecule has 1 nitrogen and oxygen atoms in total. The Labute approximate surface area is 168 Å². The number of aryl methyl sites for hydroxylation is 2. The molecule has 5 rings (SSSR count). The van der Waals surface area contributed by atoms with Gasteiger partial charge in [0.25, 0.3) is 0 Å². The Morgan fingerprint density at radius 2 is 1.74 bits per heavy atom. The molecule has 0 radical (unpaired) electrons. The number of fused-ring (bicyclic) bond motifs is 5. The van der Waals surface area contributed by atoms with E-state index in [1.54, 1.807) is 0 Å². The summed E-state index contributed by atoms with van der Waals surface area (Å²) in [5, 5.41) is 5.44. The fourth-order valence-electron chi connectivity index (χ4n) is 4.32. The molecule has 0 aromatic heterocycles. The highest BCUT2D eigenvalue weighted by Crippen LogP contribution is 2.34. The van der Waals surface area contributed by atoms with E-state index in [9.17, 15) is 0 Å². The van der Waals surface area contributed by atoms with E-state index in [1.807, 2.05) is 0 Å². The van der Waals surface area contributed by atoms with Crippen LogP contribution in [-0.4, -0.2) is 6.10 Å². The Balaban J connectivity index is 1.48. The number of ether oxygens (including phenoxy) is 1. The van der Waals surface area contributed by atoms with Crippen LogP contribution in [0.2, 0.25) is 0 Å². The van der Waals surface area contributed by atoms with Crippen LogP contribution >= 0.6 is 15.9 Å². The minimum Gasteiger partial charge on any atom is -0.490 e. The van der Waals surface area contributed by atoms with Gasteiger partial charge in [-0.25, -0.2) is 0 Å². The van der Waals surface area contributed by atoms with Crippen LogP contribution < -0.4 is 4.74 Å². The maximum atomic E-state index is 6.31. The zero-order chi connectivity index (χ0) is 18.4. The molecule has 1 aliphatic carbocycles. The van der Waals surface area contributed by atoms with Crippen molar-refractivity contribution in [2.24, 2.45) is 0 Å². The van der Waals surface area contributed by atoms with Gasteiger partial charge in [-0.15, -0.1) is 0 Å². The van der Waals surface area contributed by atoms with Crippen LogP contribution in [-0.2, 0) is 12.8 Å². The van der Waals surface area contributed by atoms with E-state index in [0.29, 0.717) is 0 Å². The van der Waals surface area contributed by atoms with E-state index >= 15 is 0 Å². The molecule has 0 spiro atoms. The Hall–Kier alpha value is -2.32. The molecule has 1 unspecified atom stereocenters. The van der Waals surface area contributed by atoms with Crippen molar-refractivity contribution in [3.05, 3.63) is 87.9 Å². The molecular weight excluding hydrogens is 396 g/mol. The maximum Gasteiger partial charge on any atom is 0.120 e. The molecule has 0 saturated carbocycles. The lowest BCUT2D eigenvalue weighted by Crippen LogP contribution is -2.25. The predicted molar refractivity (Wildman–Crippen MR) is 117 cm³/mol. The average molecular weight is 417 g/mol. The van der Waals surface area contributed by atoms with Gasteiger partial charge in [-0.3, -0.25) is 0 Å². The average Bonchev–Trinajstić information content (AvgIpc) is 2.70. The number of halogens is 1. The summed E-state index contributed by atoms with van der Waals surface area (Å²) in [4.78, 5) is 0. The Morgan fingerprint density at radius 1 is 0.889 bits per heavy atom. The normalized spacial score (nSPS) is 16.4. The van der Waals surface area contributed by atoms with Crippen molar-refractivity contribution >= 4 is 37.5 Å². The summed E-state index contributed by atoms with van der Waals surface area (Å²) in [6.45, 7) is 2.10. The summed E-state index contributed by atoms with van der Waals surface area (Å²) in [6, 6.07) is 24.1. The molecule has 0 heterocycles. The predicted octanol–water partition coefficient (Wildman–Crippen LogP) is 7.00. The van der Waals surface area contributed by atoms with E-state index in [1.165, 1.54) is 38.2 Å². The first kappa shape index (κ1) is 16.8. The fraction of sp³-hybridized carbons (Fsp3) is 0.200. The van der Waals surface area contributed by atoms with Crippen molar-refractivity contribution in [3.63, 3.8) is 0 Å². The van der Waals surface area contributed by atoms with Crippen molar-refractivity contribution in [1.29, 1.82) is 0 Å². The Morgan fingerprint density at radius 3 is 2.63 bits per heavy atom. The third-order valence-corrected chi connectivity index (χ3v) is 6.62. The molecule has 27 heavy (non-hydrogen) atoms. The van der Waals surface area contributed by atoms with Crippen LogP contribution in [0.3, 0.4) is 0 Å². The summed E-state index contributed by atoms with van der Waals surface area (Å²) < 4.78 is 7.44. The van der Waals surface area contributed by atoms with Crippen molar-refractivity contribution in [1.82, 2.24) is 0 Å². The van der Waals surface area contributed by atoms with Crippen LogP contribution in [0.4, 0.5) is 0 Å². The standard InChI is InChI=1S/C25H21BrO/c1-16-14-19(9-13-25(16)26)27-20-8-12-22-18(15-20)7-11-23-21-5-3-2-4-17(21)6-10-24(22)23/h2-7,9-11,13-14,20H,8,12,15H2,1H3. The van der Waals surface area contributed by atoms with E-state index < -0.39 is 0 Å². The summed E-state index contributed by atoms with van der Waals surface area (Å²) in [7, 11) is 0. The summed E-state index contributed by atoms with van der Waals surface area (Å²) in [5.41, 5.74) is 4.15. The highest BCUT2D eigenvalue weighted by Gasteiger charge is 2.22. The zero-order valence-corrected chi connectivity index (χ0v) is 16.9. The van der Waals surface area contributed by atoms with E-state index in [0.717, 1.165) is 29.5 Å². The van der Waals surface area contributed by atoms with Gasteiger partial charge in [0.05, 0.1) is 0 Å². The summed E-state index contributed by atoms with van der Waals surface area (Å²) in [5.74, 6) is 0.968. The molecular formula is C25H21BrO. The molecule has 0 N–H and O–H groups in total. The number of hydrogen-bond donors (Lipinski definition) is 0.